The van der Waals surface area contributed by atoms with E-state index in [4.69, 9.17) is 0 Å². The molecule has 4 rings (SSSR count). The molecule has 3 aromatic rings. The van der Waals surface area contributed by atoms with Gasteiger partial charge in [0.1, 0.15) is 5.82 Å². The van der Waals surface area contributed by atoms with Crippen LogP contribution in [0.25, 0.3) is 10.2 Å². The van der Waals surface area contributed by atoms with Crippen molar-refractivity contribution in [3.05, 3.63) is 53.8 Å². The molecular formula is C18H17FN4O3S2. The van der Waals surface area contributed by atoms with Crippen LogP contribution in [0.15, 0.2) is 47.4 Å². The molecule has 7 nitrogen and oxygen atoms in total. The quantitative estimate of drug-likeness (QED) is 0.619. The molecule has 0 unspecified atom stereocenters. The third kappa shape index (κ3) is 3.71. The van der Waals surface area contributed by atoms with E-state index in [-0.39, 0.29) is 10.7 Å². The van der Waals surface area contributed by atoms with Crippen molar-refractivity contribution < 1.29 is 17.6 Å². The molecule has 28 heavy (non-hydrogen) atoms. The molecule has 0 aliphatic carbocycles. The molecule has 1 fully saturated rings. The Morgan fingerprint density at radius 1 is 1.11 bits per heavy atom. The lowest BCUT2D eigenvalue weighted by Gasteiger charge is -2.15. The van der Waals surface area contributed by atoms with E-state index < -0.39 is 15.9 Å². The van der Waals surface area contributed by atoms with E-state index in [1.807, 2.05) is 0 Å². The number of nitrogens with one attached hydrogen (secondary N) is 2. The van der Waals surface area contributed by atoms with Crippen molar-refractivity contribution in [2.24, 2.45) is 0 Å². The van der Waals surface area contributed by atoms with Gasteiger partial charge in [-0.25, -0.2) is 17.8 Å². The Morgan fingerprint density at radius 3 is 2.54 bits per heavy atom. The fraction of sp³-hybridized carbons (Fsp3) is 0.222. The van der Waals surface area contributed by atoms with Crippen LogP contribution in [0, 0.1) is 5.82 Å². The molecule has 1 amide bonds. The molecular weight excluding hydrogens is 403 g/mol. The highest BCUT2D eigenvalue weighted by atomic mass is 32.2. The van der Waals surface area contributed by atoms with E-state index >= 15 is 0 Å². The summed E-state index contributed by atoms with van der Waals surface area (Å²) in [5.74, 6) is -0.786. The van der Waals surface area contributed by atoms with Gasteiger partial charge in [-0.05, 0) is 55.3 Å². The number of hydrazine groups is 1. The number of thiazole rings is 1. The Bertz CT molecular complexity index is 1120. The van der Waals surface area contributed by atoms with Crippen LogP contribution >= 0.6 is 11.3 Å². The average Bonchev–Trinajstić information content (AvgIpc) is 3.36. The van der Waals surface area contributed by atoms with Crippen LogP contribution in [0.3, 0.4) is 0 Å². The zero-order valence-corrected chi connectivity index (χ0v) is 16.3. The second-order valence-corrected chi connectivity index (χ2v) is 9.31. The monoisotopic (exact) mass is 420 g/mol. The Kier molecular flexibility index (Phi) is 5.00. The number of carbonyl (C=O) groups is 1. The first-order valence-corrected chi connectivity index (χ1v) is 10.9. The zero-order chi connectivity index (χ0) is 19.7. The molecule has 1 aromatic heterocycles. The fourth-order valence-corrected chi connectivity index (χ4v) is 5.35. The summed E-state index contributed by atoms with van der Waals surface area (Å²) in [6, 6.07) is 10.1. The molecule has 146 valence electrons. The second-order valence-electron chi connectivity index (χ2n) is 6.35. The average molecular weight is 420 g/mol. The predicted molar refractivity (Wildman–Crippen MR) is 105 cm³/mol. The molecule has 1 saturated heterocycles. The first-order valence-electron chi connectivity index (χ1n) is 8.66. The molecule has 1 aliphatic heterocycles. The summed E-state index contributed by atoms with van der Waals surface area (Å²) in [6.45, 7) is 1.06. The number of aromatic nitrogens is 1. The van der Waals surface area contributed by atoms with Crippen molar-refractivity contribution in [3.8, 4) is 0 Å². The maximum Gasteiger partial charge on any atom is 0.269 e. The summed E-state index contributed by atoms with van der Waals surface area (Å²) in [4.78, 5) is 16.7. The SMILES string of the molecule is O=C(NNc1nc2ccc(F)cc2s1)c1ccc(S(=O)(=O)N2CCCC2)cc1. The van der Waals surface area contributed by atoms with E-state index in [2.05, 4.69) is 15.8 Å². The predicted octanol–water partition coefficient (Wildman–Crippen LogP) is 2.98. The van der Waals surface area contributed by atoms with Crippen molar-refractivity contribution in [1.82, 2.24) is 14.7 Å². The van der Waals surface area contributed by atoms with Crippen molar-refractivity contribution >= 4 is 42.6 Å². The first-order chi connectivity index (χ1) is 13.4. The molecule has 0 radical (unpaired) electrons. The van der Waals surface area contributed by atoms with Gasteiger partial charge >= 0.3 is 0 Å². The van der Waals surface area contributed by atoms with Gasteiger partial charge in [0.15, 0.2) is 0 Å². The minimum absolute atomic E-state index is 0.173. The smallest absolute Gasteiger partial charge is 0.269 e. The highest BCUT2D eigenvalue weighted by molar-refractivity contribution is 7.89. The Morgan fingerprint density at radius 2 is 1.82 bits per heavy atom. The number of anilines is 1. The van der Waals surface area contributed by atoms with E-state index in [9.17, 15) is 17.6 Å². The molecule has 10 heteroatoms. The maximum atomic E-state index is 13.2. The van der Waals surface area contributed by atoms with E-state index in [1.54, 1.807) is 6.07 Å². The molecule has 0 saturated carbocycles. The lowest BCUT2D eigenvalue weighted by atomic mass is 10.2. The summed E-state index contributed by atoms with van der Waals surface area (Å²) in [5, 5.41) is 0.419. The number of rotatable bonds is 5. The van der Waals surface area contributed by atoms with Crippen LogP contribution in [0.1, 0.15) is 23.2 Å². The van der Waals surface area contributed by atoms with Crippen molar-refractivity contribution in [2.75, 3.05) is 18.5 Å². The molecule has 0 spiro atoms. The highest BCUT2D eigenvalue weighted by Gasteiger charge is 2.27. The van der Waals surface area contributed by atoms with Crippen molar-refractivity contribution in [1.29, 1.82) is 0 Å². The topological polar surface area (TPSA) is 91.4 Å². The maximum absolute atomic E-state index is 13.2. The third-order valence-corrected chi connectivity index (χ3v) is 7.30. The second kappa shape index (κ2) is 7.46. The van der Waals surface area contributed by atoms with Gasteiger partial charge in [-0.15, -0.1) is 0 Å². The minimum atomic E-state index is -3.51. The summed E-state index contributed by atoms with van der Waals surface area (Å²) in [7, 11) is -3.51. The first kappa shape index (κ1) is 18.8. The number of hydrogen-bond donors (Lipinski definition) is 2. The van der Waals surface area contributed by atoms with Gasteiger partial charge in [-0.1, -0.05) is 11.3 Å². The largest absolute Gasteiger partial charge is 0.273 e. The Labute approximate surface area is 165 Å². The lowest BCUT2D eigenvalue weighted by molar-refractivity contribution is 0.0962. The van der Waals surface area contributed by atoms with E-state index in [0.717, 1.165) is 12.8 Å². The van der Waals surface area contributed by atoms with Crippen LogP contribution in [-0.4, -0.2) is 36.7 Å². The summed E-state index contributed by atoms with van der Waals surface area (Å²) in [5.41, 5.74) is 6.14. The highest BCUT2D eigenvalue weighted by Crippen LogP contribution is 2.26. The molecule has 0 bridgehead atoms. The van der Waals surface area contributed by atoms with Gasteiger partial charge in [0.2, 0.25) is 15.2 Å². The Hall–Kier alpha value is -2.56. The standard InChI is InChI=1S/C18H17FN4O3S2/c19-13-5-8-15-16(11-13)27-18(20-15)22-21-17(24)12-3-6-14(7-4-12)28(25,26)23-9-1-2-10-23/h3-8,11H,1-2,9-10H2,(H,20,22)(H,21,24). The fourth-order valence-electron chi connectivity index (χ4n) is 2.99. The number of halogens is 1. The van der Waals surface area contributed by atoms with Gasteiger partial charge in [-0.3, -0.25) is 15.6 Å². The normalized spacial score (nSPS) is 15.0. The zero-order valence-electron chi connectivity index (χ0n) is 14.7. The van der Waals surface area contributed by atoms with Gasteiger partial charge < -0.3 is 0 Å². The van der Waals surface area contributed by atoms with Gasteiger partial charge in [-0.2, -0.15) is 4.31 Å². The number of nitrogens with zero attached hydrogens (tertiary/aromatic N) is 2. The minimum Gasteiger partial charge on any atom is -0.273 e. The van der Waals surface area contributed by atoms with Gasteiger partial charge in [0.05, 0.1) is 15.1 Å². The van der Waals surface area contributed by atoms with Crippen molar-refractivity contribution in [3.63, 3.8) is 0 Å². The van der Waals surface area contributed by atoms with Crippen molar-refractivity contribution in [2.45, 2.75) is 17.7 Å². The molecule has 2 aromatic carbocycles. The Balaban J connectivity index is 1.43. The summed E-state index contributed by atoms with van der Waals surface area (Å²) in [6.07, 6.45) is 1.73. The third-order valence-electron chi connectivity index (χ3n) is 4.45. The number of amides is 1. The van der Waals surface area contributed by atoms with Gasteiger partial charge in [0.25, 0.3) is 5.91 Å². The van der Waals surface area contributed by atoms with E-state index in [0.29, 0.717) is 34.0 Å². The van der Waals surface area contributed by atoms with Crippen LogP contribution in [-0.2, 0) is 10.0 Å². The summed E-state index contributed by atoms with van der Waals surface area (Å²) >= 11 is 1.21. The number of hydrogen-bond acceptors (Lipinski definition) is 6. The number of sulfonamides is 1. The number of carbonyl (C=O) groups excluding carboxylic acids is 1. The number of benzene rings is 2. The molecule has 1 aliphatic rings. The summed E-state index contributed by atoms with van der Waals surface area (Å²) < 4.78 is 40.4. The van der Waals surface area contributed by atoms with Crippen LogP contribution in [0.4, 0.5) is 9.52 Å². The van der Waals surface area contributed by atoms with Crippen LogP contribution in [0.5, 0.6) is 0 Å². The number of fused-ring (bicyclic) bond motifs is 1. The van der Waals surface area contributed by atoms with Crippen LogP contribution < -0.4 is 10.9 Å². The molecule has 2 N–H and O–H groups in total. The van der Waals surface area contributed by atoms with E-state index in [1.165, 1.54) is 52.0 Å². The lowest BCUT2D eigenvalue weighted by Crippen LogP contribution is -2.30. The van der Waals surface area contributed by atoms with Gasteiger partial charge in [0, 0.05) is 18.7 Å². The van der Waals surface area contributed by atoms with Crippen LogP contribution in [0.2, 0.25) is 0 Å². The molecule has 2 heterocycles. The molecule has 0 atom stereocenters.